The Morgan fingerprint density at radius 1 is 0.645 bits per heavy atom. The average Bonchev–Trinajstić information content (AvgIpc) is 2.99. The highest BCUT2D eigenvalue weighted by molar-refractivity contribution is 5.95. The van der Waals surface area contributed by atoms with Gasteiger partial charge in [-0.1, -0.05) is 0 Å². The van der Waals surface area contributed by atoms with Gasteiger partial charge in [0.05, 0.1) is 12.2 Å². The summed E-state index contributed by atoms with van der Waals surface area (Å²) in [6.45, 7) is 10.2. The van der Waals surface area contributed by atoms with Crippen molar-refractivity contribution in [3.05, 3.63) is 59.7 Å². The first-order valence-electron chi connectivity index (χ1n) is 11.0. The van der Waals surface area contributed by atoms with Gasteiger partial charge in [-0.15, -0.1) is 0 Å². The summed E-state index contributed by atoms with van der Waals surface area (Å²) in [5.41, 5.74) is 1.27. The summed E-state index contributed by atoms with van der Waals surface area (Å²) in [6, 6.07) is 14.5. The van der Waals surface area contributed by atoms with Crippen molar-refractivity contribution in [2.75, 3.05) is 26.2 Å². The maximum absolute atomic E-state index is 12.9. The Kier molecular flexibility index (Phi) is 7.55. The first kappa shape index (κ1) is 22.7. The molecule has 1 aliphatic rings. The van der Waals surface area contributed by atoms with Gasteiger partial charge in [0.15, 0.2) is 0 Å². The van der Waals surface area contributed by atoms with Crippen molar-refractivity contribution in [1.29, 1.82) is 0 Å². The van der Waals surface area contributed by atoms with Gasteiger partial charge in [0.1, 0.15) is 11.5 Å². The largest absolute Gasteiger partial charge is 0.491 e. The summed E-state index contributed by atoms with van der Waals surface area (Å²) in [7, 11) is 0. The van der Waals surface area contributed by atoms with E-state index in [9.17, 15) is 9.59 Å². The molecule has 0 radical (unpaired) electrons. The lowest BCUT2D eigenvalue weighted by Gasteiger charge is -2.22. The van der Waals surface area contributed by atoms with Crippen molar-refractivity contribution in [2.24, 2.45) is 0 Å². The Hall–Kier alpha value is -3.02. The van der Waals surface area contributed by atoms with E-state index in [-0.39, 0.29) is 24.0 Å². The highest BCUT2D eigenvalue weighted by Gasteiger charge is 2.23. The molecule has 1 aliphatic heterocycles. The van der Waals surface area contributed by atoms with E-state index >= 15 is 0 Å². The zero-order chi connectivity index (χ0) is 22.4. The van der Waals surface area contributed by atoms with Crippen LogP contribution >= 0.6 is 0 Å². The van der Waals surface area contributed by atoms with Gasteiger partial charge in [-0.05, 0) is 82.6 Å². The molecule has 166 valence electrons. The highest BCUT2D eigenvalue weighted by Crippen LogP contribution is 2.18. The third kappa shape index (κ3) is 6.23. The molecule has 6 heteroatoms. The van der Waals surface area contributed by atoms with E-state index in [1.807, 2.05) is 61.8 Å². The van der Waals surface area contributed by atoms with Crippen molar-refractivity contribution in [1.82, 2.24) is 9.80 Å². The number of hydrogen-bond acceptors (Lipinski definition) is 4. The van der Waals surface area contributed by atoms with Crippen LogP contribution in [0.3, 0.4) is 0 Å². The second kappa shape index (κ2) is 10.3. The molecule has 3 rings (SSSR count). The monoisotopic (exact) mass is 424 g/mol. The van der Waals surface area contributed by atoms with Crippen LogP contribution in [0.4, 0.5) is 0 Å². The molecular formula is C25H32N2O4. The molecular weight excluding hydrogens is 392 g/mol. The first-order valence-corrected chi connectivity index (χ1v) is 11.0. The minimum atomic E-state index is -0.0133. The molecule has 1 heterocycles. The normalized spacial score (nSPS) is 14.5. The van der Waals surface area contributed by atoms with Gasteiger partial charge >= 0.3 is 0 Å². The Morgan fingerprint density at radius 3 is 1.32 bits per heavy atom. The molecule has 1 saturated heterocycles. The molecule has 0 aromatic heterocycles. The standard InChI is InChI=1S/C25H32N2O4/c1-18(2)30-22-10-6-20(7-11-22)24(28)26-14-5-15-27(17-16-26)25(29)21-8-12-23(13-9-21)31-19(3)4/h6-13,18-19H,5,14-17H2,1-4H3. The molecule has 1 fully saturated rings. The van der Waals surface area contributed by atoms with Crippen LogP contribution in [0.2, 0.25) is 0 Å². The predicted octanol–water partition coefficient (Wildman–Crippen LogP) is 4.25. The molecule has 31 heavy (non-hydrogen) atoms. The number of carbonyl (C=O) groups is 2. The SMILES string of the molecule is CC(C)Oc1ccc(C(=O)N2CCCN(C(=O)c3ccc(OC(C)C)cc3)CC2)cc1. The van der Waals surface area contributed by atoms with E-state index in [1.165, 1.54) is 0 Å². The fraction of sp³-hybridized carbons (Fsp3) is 0.440. The maximum Gasteiger partial charge on any atom is 0.253 e. The van der Waals surface area contributed by atoms with Crippen molar-refractivity contribution >= 4 is 11.8 Å². The number of hydrogen-bond donors (Lipinski definition) is 0. The van der Waals surface area contributed by atoms with Crippen LogP contribution in [-0.2, 0) is 0 Å². The topological polar surface area (TPSA) is 59.1 Å². The average molecular weight is 425 g/mol. The van der Waals surface area contributed by atoms with Gasteiger partial charge in [-0.2, -0.15) is 0 Å². The van der Waals surface area contributed by atoms with Crippen LogP contribution in [0, 0.1) is 0 Å². The fourth-order valence-corrected chi connectivity index (χ4v) is 3.59. The van der Waals surface area contributed by atoms with Crippen molar-refractivity contribution in [3.63, 3.8) is 0 Å². The Labute approximate surface area is 184 Å². The second-order valence-electron chi connectivity index (χ2n) is 8.32. The maximum atomic E-state index is 12.9. The first-order chi connectivity index (χ1) is 14.8. The summed E-state index contributed by atoms with van der Waals surface area (Å²) < 4.78 is 11.3. The smallest absolute Gasteiger partial charge is 0.253 e. The van der Waals surface area contributed by atoms with Crippen molar-refractivity contribution in [2.45, 2.75) is 46.3 Å². The van der Waals surface area contributed by atoms with E-state index in [4.69, 9.17) is 9.47 Å². The lowest BCUT2D eigenvalue weighted by Crippen LogP contribution is -2.37. The summed E-state index contributed by atoms with van der Waals surface area (Å²) in [6.07, 6.45) is 0.935. The van der Waals surface area contributed by atoms with E-state index in [1.54, 1.807) is 24.3 Å². The van der Waals surface area contributed by atoms with E-state index in [0.29, 0.717) is 37.3 Å². The van der Waals surface area contributed by atoms with Crippen molar-refractivity contribution < 1.29 is 19.1 Å². The number of rotatable bonds is 6. The van der Waals surface area contributed by atoms with Gasteiger partial charge < -0.3 is 19.3 Å². The van der Waals surface area contributed by atoms with E-state index in [0.717, 1.165) is 17.9 Å². The van der Waals surface area contributed by atoms with Crippen LogP contribution in [0.1, 0.15) is 54.8 Å². The summed E-state index contributed by atoms with van der Waals surface area (Å²) in [5, 5.41) is 0. The van der Waals surface area contributed by atoms with Crippen LogP contribution in [-0.4, -0.2) is 60.0 Å². The molecule has 0 unspecified atom stereocenters. The van der Waals surface area contributed by atoms with Crippen LogP contribution in [0.25, 0.3) is 0 Å². The molecule has 0 aliphatic carbocycles. The molecule has 0 spiro atoms. The Morgan fingerprint density at radius 2 is 1.00 bits per heavy atom. The van der Waals surface area contributed by atoms with Gasteiger partial charge in [0.2, 0.25) is 0 Å². The van der Waals surface area contributed by atoms with Crippen LogP contribution < -0.4 is 9.47 Å². The summed E-state index contributed by atoms with van der Waals surface area (Å²) in [5.74, 6) is 1.48. The zero-order valence-corrected chi connectivity index (χ0v) is 18.8. The minimum Gasteiger partial charge on any atom is -0.491 e. The zero-order valence-electron chi connectivity index (χ0n) is 18.8. The summed E-state index contributed by atoms with van der Waals surface area (Å²) >= 11 is 0. The summed E-state index contributed by atoms with van der Waals surface area (Å²) in [4.78, 5) is 29.5. The van der Waals surface area contributed by atoms with E-state index < -0.39 is 0 Å². The van der Waals surface area contributed by atoms with Crippen molar-refractivity contribution in [3.8, 4) is 11.5 Å². The third-order valence-corrected chi connectivity index (χ3v) is 5.02. The quantitative estimate of drug-likeness (QED) is 0.696. The molecule has 0 bridgehead atoms. The third-order valence-electron chi connectivity index (χ3n) is 5.02. The Balaban J connectivity index is 1.59. The van der Waals surface area contributed by atoms with Crippen LogP contribution in [0.5, 0.6) is 11.5 Å². The second-order valence-corrected chi connectivity index (χ2v) is 8.32. The predicted molar refractivity (Wildman–Crippen MR) is 121 cm³/mol. The molecule has 2 amide bonds. The lowest BCUT2D eigenvalue weighted by atomic mass is 10.2. The number of benzene rings is 2. The molecule has 0 atom stereocenters. The number of carbonyl (C=O) groups excluding carboxylic acids is 2. The number of nitrogens with zero attached hydrogens (tertiary/aromatic N) is 2. The highest BCUT2D eigenvalue weighted by atomic mass is 16.5. The van der Waals surface area contributed by atoms with Crippen LogP contribution in [0.15, 0.2) is 48.5 Å². The minimum absolute atomic E-state index is 0.0133. The van der Waals surface area contributed by atoms with Gasteiger partial charge in [-0.25, -0.2) is 0 Å². The number of amides is 2. The number of ether oxygens (including phenoxy) is 2. The molecule has 6 nitrogen and oxygen atoms in total. The van der Waals surface area contributed by atoms with Gasteiger partial charge in [0, 0.05) is 37.3 Å². The molecule has 2 aromatic carbocycles. The lowest BCUT2D eigenvalue weighted by molar-refractivity contribution is 0.0718. The molecule has 0 N–H and O–H groups in total. The Bertz CT molecular complexity index is 802. The van der Waals surface area contributed by atoms with E-state index in [2.05, 4.69) is 0 Å². The van der Waals surface area contributed by atoms with Gasteiger partial charge in [-0.3, -0.25) is 9.59 Å². The fourth-order valence-electron chi connectivity index (χ4n) is 3.59. The molecule has 0 saturated carbocycles. The molecule has 2 aromatic rings. The van der Waals surface area contributed by atoms with Gasteiger partial charge in [0.25, 0.3) is 11.8 Å².